The molecule has 21 heavy (non-hydrogen) atoms. The quantitative estimate of drug-likeness (QED) is 0.871. The van der Waals surface area contributed by atoms with Crippen molar-refractivity contribution >= 4 is 0 Å². The van der Waals surface area contributed by atoms with Crippen molar-refractivity contribution in [2.24, 2.45) is 5.41 Å². The van der Waals surface area contributed by atoms with Crippen molar-refractivity contribution in [2.45, 2.75) is 33.2 Å². The lowest BCUT2D eigenvalue weighted by molar-refractivity contribution is 0.116. The SMILES string of the molecule is CCNC(c1ccccc1)C(C)(C)CN1CCCOCC1. The van der Waals surface area contributed by atoms with Crippen LogP contribution < -0.4 is 5.32 Å². The van der Waals surface area contributed by atoms with Gasteiger partial charge in [-0.15, -0.1) is 0 Å². The predicted octanol–water partition coefficient (Wildman–Crippen LogP) is 3.09. The van der Waals surface area contributed by atoms with Gasteiger partial charge in [0.1, 0.15) is 0 Å². The minimum absolute atomic E-state index is 0.182. The summed E-state index contributed by atoms with van der Waals surface area (Å²) in [4.78, 5) is 2.56. The number of hydrogen-bond donors (Lipinski definition) is 1. The molecular formula is C18H30N2O. The van der Waals surface area contributed by atoms with Crippen LogP contribution in [0.5, 0.6) is 0 Å². The third kappa shape index (κ3) is 4.80. The van der Waals surface area contributed by atoms with E-state index in [1.807, 2.05) is 0 Å². The van der Waals surface area contributed by atoms with E-state index in [0.717, 1.165) is 45.8 Å². The van der Waals surface area contributed by atoms with Crippen molar-refractivity contribution in [1.29, 1.82) is 0 Å². The van der Waals surface area contributed by atoms with Gasteiger partial charge in [-0.05, 0) is 23.9 Å². The minimum atomic E-state index is 0.182. The number of nitrogens with one attached hydrogen (secondary N) is 1. The molecule has 1 fully saturated rings. The van der Waals surface area contributed by atoms with Gasteiger partial charge in [-0.3, -0.25) is 0 Å². The Morgan fingerprint density at radius 2 is 1.95 bits per heavy atom. The normalized spacial score (nSPS) is 19.2. The molecule has 1 aromatic carbocycles. The maximum Gasteiger partial charge on any atom is 0.0593 e. The molecule has 0 radical (unpaired) electrons. The van der Waals surface area contributed by atoms with E-state index in [1.165, 1.54) is 5.56 Å². The zero-order valence-corrected chi connectivity index (χ0v) is 13.8. The molecule has 1 aliphatic heterocycles. The first-order valence-corrected chi connectivity index (χ1v) is 8.22. The third-order valence-corrected chi connectivity index (χ3v) is 4.27. The van der Waals surface area contributed by atoms with E-state index < -0.39 is 0 Å². The lowest BCUT2D eigenvalue weighted by Gasteiger charge is -2.39. The monoisotopic (exact) mass is 290 g/mol. The molecule has 0 bridgehead atoms. The van der Waals surface area contributed by atoms with Crippen molar-refractivity contribution in [3.05, 3.63) is 35.9 Å². The molecule has 0 aromatic heterocycles. The largest absolute Gasteiger partial charge is 0.380 e. The molecule has 0 amide bonds. The average molecular weight is 290 g/mol. The van der Waals surface area contributed by atoms with Gasteiger partial charge in [0.15, 0.2) is 0 Å². The van der Waals surface area contributed by atoms with E-state index in [0.29, 0.717) is 6.04 Å². The summed E-state index contributed by atoms with van der Waals surface area (Å²) in [5.41, 5.74) is 1.57. The highest BCUT2D eigenvalue weighted by molar-refractivity contribution is 5.21. The summed E-state index contributed by atoms with van der Waals surface area (Å²) in [7, 11) is 0. The predicted molar refractivity (Wildman–Crippen MR) is 88.5 cm³/mol. The summed E-state index contributed by atoms with van der Waals surface area (Å²) in [5.74, 6) is 0. The van der Waals surface area contributed by atoms with E-state index in [9.17, 15) is 0 Å². The molecule has 118 valence electrons. The first kappa shape index (κ1) is 16.5. The molecule has 1 heterocycles. The fraction of sp³-hybridized carbons (Fsp3) is 0.667. The van der Waals surface area contributed by atoms with Crippen LogP contribution in [-0.2, 0) is 4.74 Å². The van der Waals surface area contributed by atoms with Crippen molar-refractivity contribution in [1.82, 2.24) is 10.2 Å². The smallest absolute Gasteiger partial charge is 0.0593 e. The summed E-state index contributed by atoms with van der Waals surface area (Å²) in [5, 5.41) is 3.69. The van der Waals surface area contributed by atoms with E-state index in [2.05, 4.69) is 61.3 Å². The number of ether oxygens (including phenoxy) is 1. The van der Waals surface area contributed by atoms with Gasteiger partial charge in [0, 0.05) is 32.3 Å². The van der Waals surface area contributed by atoms with Gasteiger partial charge in [0.25, 0.3) is 0 Å². The highest BCUT2D eigenvalue weighted by Crippen LogP contribution is 2.34. The van der Waals surface area contributed by atoms with E-state index in [1.54, 1.807) is 0 Å². The Morgan fingerprint density at radius 1 is 1.19 bits per heavy atom. The first-order valence-electron chi connectivity index (χ1n) is 8.22. The Bertz CT molecular complexity index is 397. The molecule has 1 atom stereocenters. The first-order chi connectivity index (χ1) is 10.1. The summed E-state index contributed by atoms with van der Waals surface area (Å²) < 4.78 is 5.57. The fourth-order valence-electron chi connectivity index (χ4n) is 3.32. The van der Waals surface area contributed by atoms with Crippen LogP contribution >= 0.6 is 0 Å². The highest BCUT2D eigenvalue weighted by Gasteiger charge is 2.32. The van der Waals surface area contributed by atoms with Crippen LogP contribution in [0.2, 0.25) is 0 Å². The Kier molecular flexibility index (Phi) is 6.22. The van der Waals surface area contributed by atoms with E-state index >= 15 is 0 Å². The second-order valence-electron chi connectivity index (χ2n) is 6.63. The van der Waals surface area contributed by atoms with Crippen molar-refractivity contribution in [3.8, 4) is 0 Å². The highest BCUT2D eigenvalue weighted by atomic mass is 16.5. The summed E-state index contributed by atoms with van der Waals surface area (Å²) in [6.45, 7) is 13.0. The molecule has 1 N–H and O–H groups in total. The lowest BCUT2D eigenvalue weighted by atomic mass is 9.79. The van der Waals surface area contributed by atoms with Crippen LogP contribution in [0.3, 0.4) is 0 Å². The minimum Gasteiger partial charge on any atom is -0.380 e. The number of rotatable bonds is 6. The molecule has 1 aliphatic rings. The molecular weight excluding hydrogens is 260 g/mol. The van der Waals surface area contributed by atoms with Crippen LogP contribution in [0, 0.1) is 5.41 Å². The van der Waals surface area contributed by atoms with Gasteiger partial charge in [-0.1, -0.05) is 51.1 Å². The molecule has 3 heteroatoms. The van der Waals surface area contributed by atoms with Crippen LogP contribution in [0.4, 0.5) is 0 Å². The Morgan fingerprint density at radius 3 is 2.67 bits per heavy atom. The zero-order chi connectivity index (χ0) is 15.1. The maximum absolute atomic E-state index is 5.57. The van der Waals surface area contributed by atoms with Crippen molar-refractivity contribution in [3.63, 3.8) is 0 Å². The molecule has 0 aliphatic carbocycles. The fourth-order valence-corrected chi connectivity index (χ4v) is 3.32. The van der Waals surface area contributed by atoms with Crippen molar-refractivity contribution in [2.75, 3.05) is 39.4 Å². The standard InChI is InChI=1S/C18H30N2O/c1-4-19-17(16-9-6-5-7-10-16)18(2,3)15-20-11-8-13-21-14-12-20/h5-7,9-10,17,19H,4,8,11-15H2,1-3H3. The zero-order valence-electron chi connectivity index (χ0n) is 13.8. The maximum atomic E-state index is 5.57. The second-order valence-corrected chi connectivity index (χ2v) is 6.63. The van der Waals surface area contributed by atoms with Gasteiger partial charge in [-0.2, -0.15) is 0 Å². The van der Waals surface area contributed by atoms with Gasteiger partial charge < -0.3 is 15.0 Å². The Hall–Kier alpha value is -0.900. The van der Waals surface area contributed by atoms with Gasteiger partial charge >= 0.3 is 0 Å². The molecule has 0 spiro atoms. The molecule has 2 rings (SSSR count). The van der Waals surface area contributed by atoms with Gasteiger partial charge in [-0.25, -0.2) is 0 Å². The Balaban J connectivity index is 2.09. The number of hydrogen-bond acceptors (Lipinski definition) is 3. The summed E-state index contributed by atoms with van der Waals surface area (Å²) >= 11 is 0. The van der Waals surface area contributed by atoms with E-state index in [4.69, 9.17) is 4.74 Å². The molecule has 3 nitrogen and oxygen atoms in total. The van der Waals surface area contributed by atoms with Crippen molar-refractivity contribution < 1.29 is 4.74 Å². The average Bonchev–Trinajstić information content (AvgIpc) is 2.73. The molecule has 1 aromatic rings. The van der Waals surface area contributed by atoms with Crippen LogP contribution in [0.15, 0.2) is 30.3 Å². The number of benzene rings is 1. The molecule has 1 unspecified atom stereocenters. The van der Waals surface area contributed by atoms with E-state index in [-0.39, 0.29) is 5.41 Å². The second kappa shape index (κ2) is 7.92. The van der Waals surface area contributed by atoms with Gasteiger partial charge in [0.2, 0.25) is 0 Å². The summed E-state index contributed by atoms with van der Waals surface area (Å²) in [6.07, 6.45) is 1.15. The van der Waals surface area contributed by atoms with Crippen LogP contribution in [0.1, 0.15) is 38.8 Å². The Labute approximate surface area is 129 Å². The molecule has 0 saturated carbocycles. The van der Waals surface area contributed by atoms with Crippen LogP contribution in [-0.4, -0.2) is 44.3 Å². The third-order valence-electron chi connectivity index (χ3n) is 4.27. The molecule has 1 saturated heterocycles. The lowest BCUT2D eigenvalue weighted by Crippen LogP contribution is -2.43. The number of nitrogens with zero attached hydrogens (tertiary/aromatic N) is 1. The van der Waals surface area contributed by atoms with Gasteiger partial charge in [0.05, 0.1) is 6.61 Å². The topological polar surface area (TPSA) is 24.5 Å². The van der Waals surface area contributed by atoms with Crippen LogP contribution in [0.25, 0.3) is 0 Å². The summed E-state index contributed by atoms with van der Waals surface area (Å²) in [6, 6.07) is 11.2.